The molecule has 1 aromatic rings. The summed E-state index contributed by atoms with van der Waals surface area (Å²) in [5.41, 5.74) is 1.05. The zero-order valence-corrected chi connectivity index (χ0v) is 14.7. The summed E-state index contributed by atoms with van der Waals surface area (Å²) in [4.78, 5) is 30.3. The summed E-state index contributed by atoms with van der Waals surface area (Å²) in [6.07, 6.45) is -0.0472. The van der Waals surface area contributed by atoms with Crippen LogP contribution in [0.2, 0.25) is 0 Å². The van der Waals surface area contributed by atoms with E-state index in [1.54, 1.807) is 13.8 Å². The van der Waals surface area contributed by atoms with Crippen molar-refractivity contribution in [2.45, 2.75) is 43.3 Å². The molecule has 0 bridgehead atoms. The quantitative estimate of drug-likeness (QED) is 0.497. The monoisotopic (exact) mass is 348 g/mol. The average molecular weight is 348 g/mol. The van der Waals surface area contributed by atoms with Gasteiger partial charge in [0.2, 0.25) is 6.23 Å². The van der Waals surface area contributed by atoms with Crippen LogP contribution in [0.4, 0.5) is 0 Å². The molecule has 2 heterocycles. The third-order valence-electron chi connectivity index (χ3n) is 4.16. The lowest BCUT2D eigenvalue weighted by atomic mass is 9.94. The van der Waals surface area contributed by atoms with E-state index >= 15 is 0 Å². The fourth-order valence-corrected chi connectivity index (χ4v) is 3.25. The van der Waals surface area contributed by atoms with Gasteiger partial charge in [-0.2, -0.15) is 12.6 Å². The van der Waals surface area contributed by atoms with Crippen molar-refractivity contribution < 1.29 is 19.1 Å². The standard InChI is InChI=1S/C17H20N2O4S/c1-17(2,24)13(16(21)22-3)19-14(20)12-15(19)23-11(18-12)9-10-7-5-4-6-8-10/h4-8,12-13,15,24H,9H2,1-3H3/t12-,13+,15-/m1/s1. The van der Waals surface area contributed by atoms with Gasteiger partial charge in [0.25, 0.3) is 5.91 Å². The molecule has 0 spiro atoms. The molecule has 1 fully saturated rings. The second kappa shape index (κ2) is 6.12. The molecule has 0 aliphatic carbocycles. The Balaban J connectivity index is 1.76. The van der Waals surface area contributed by atoms with Crippen molar-refractivity contribution in [3.05, 3.63) is 35.9 Å². The van der Waals surface area contributed by atoms with Gasteiger partial charge in [-0.1, -0.05) is 30.3 Å². The normalized spacial score (nSPS) is 23.8. The zero-order valence-electron chi connectivity index (χ0n) is 13.8. The lowest BCUT2D eigenvalue weighted by Crippen LogP contribution is -2.71. The number of carbonyl (C=O) groups excluding carboxylic acids is 2. The summed E-state index contributed by atoms with van der Waals surface area (Å²) in [6.45, 7) is 3.53. The largest absolute Gasteiger partial charge is 0.467 e. The number of β-lactam (4-membered cyclic amide) rings is 1. The minimum absolute atomic E-state index is 0.236. The van der Waals surface area contributed by atoms with Gasteiger partial charge in [-0.25, -0.2) is 9.79 Å². The van der Waals surface area contributed by atoms with Gasteiger partial charge in [0.15, 0.2) is 11.9 Å². The van der Waals surface area contributed by atoms with Crippen LogP contribution in [0.3, 0.4) is 0 Å². The molecule has 1 amide bonds. The van der Waals surface area contributed by atoms with Crippen LogP contribution < -0.4 is 0 Å². The molecule has 0 radical (unpaired) electrons. The Hall–Kier alpha value is -2.02. The number of benzene rings is 1. The summed E-state index contributed by atoms with van der Waals surface area (Å²) < 4.78 is 9.91. The molecule has 1 saturated heterocycles. The third kappa shape index (κ3) is 2.88. The number of ether oxygens (including phenoxy) is 2. The van der Waals surface area contributed by atoms with E-state index in [9.17, 15) is 9.59 Å². The van der Waals surface area contributed by atoms with Gasteiger partial charge in [-0.05, 0) is 19.4 Å². The number of fused-ring (bicyclic) bond motifs is 1. The van der Waals surface area contributed by atoms with Crippen LogP contribution in [-0.2, 0) is 25.5 Å². The van der Waals surface area contributed by atoms with Gasteiger partial charge in [0, 0.05) is 11.2 Å². The molecule has 0 unspecified atom stereocenters. The van der Waals surface area contributed by atoms with Crippen molar-refractivity contribution in [1.82, 2.24) is 4.90 Å². The van der Waals surface area contributed by atoms with Crippen LogP contribution in [0, 0.1) is 0 Å². The number of nitrogens with zero attached hydrogens (tertiary/aromatic N) is 2. The second-order valence-corrected chi connectivity index (χ2v) is 7.62. The highest BCUT2D eigenvalue weighted by atomic mass is 32.1. The Bertz CT molecular complexity index is 684. The maximum absolute atomic E-state index is 12.4. The van der Waals surface area contributed by atoms with Crippen LogP contribution in [-0.4, -0.2) is 52.8 Å². The highest BCUT2D eigenvalue weighted by Gasteiger charge is 2.60. The molecule has 0 saturated carbocycles. The molecule has 6 nitrogen and oxygen atoms in total. The first kappa shape index (κ1) is 16.8. The van der Waals surface area contributed by atoms with Crippen molar-refractivity contribution in [3.63, 3.8) is 0 Å². The van der Waals surface area contributed by atoms with Crippen LogP contribution in [0.5, 0.6) is 0 Å². The molecule has 2 aliphatic heterocycles. The average Bonchev–Trinajstić information content (AvgIpc) is 2.91. The number of hydrogen-bond acceptors (Lipinski definition) is 6. The van der Waals surface area contributed by atoms with E-state index < -0.39 is 29.0 Å². The van der Waals surface area contributed by atoms with Gasteiger partial charge in [-0.3, -0.25) is 9.69 Å². The minimum Gasteiger partial charge on any atom is -0.467 e. The predicted molar refractivity (Wildman–Crippen MR) is 92.0 cm³/mol. The van der Waals surface area contributed by atoms with Gasteiger partial charge in [0.05, 0.1) is 7.11 Å². The molecular formula is C17H20N2O4S. The summed E-state index contributed by atoms with van der Waals surface area (Å²) in [7, 11) is 1.30. The SMILES string of the molecule is COC(=O)[C@H](N1C(=O)[C@H]2N=C(Cc3ccccc3)O[C@H]21)C(C)(C)S. The first-order valence-electron chi connectivity index (χ1n) is 7.72. The molecule has 3 atom stereocenters. The van der Waals surface area contributed by atoms with E-state index in [0.717, 1.165) is 5.56 Å². The molecule has 2 aliphatic rings. The first-order chi connectivity index (χ1) is 11.3. The van der Waals surface area contributed by atoms with Gasteiger partial charge < -0.3 is 9.47 Å². The Morgan fingerprint density at radius 1 is 1.42 bits per heavy atom. The van der Waals surface area contributed by atoms with Crippen molar-refractivity contribution >= 4 is 30.4 Å². The Morgan fingerprint density at radius 2 is 2.08 bits per heavy atom. The molecule has 0 N–H and O–H groups in total. The Kier molecular flexibility index (Phi) is 4.29. The molecule has 24 heavy (non-hydrogen) atoms. The minimum atomic E-state index is -0.828. The molecule has 0 aromatic heterocycles. The number of methoxy groups -OCH3 is 1. The van der Waals surface area contributed by atoms with E-state index in [4.69, 9.17) is 9.47 Å². The van der Waals surface area contributed by atoms with Crippen molar-refractivity contribution in [1.29, 1.82) is 0 Å². The van der Waals surface area contributed by atoms with E-state index in [0.29, 0.717) is 12.3 Å². The fraction of sp³-hybridized carbons (Fsp3) is 0.471. The zero-order chi connectivity index (χ0) is 17.5. The lowest BCUT2D eigenvalue weighted by Gasteiger charge is -2.47. The van der Waals surface area contributed by atoms with Gasteiger partial charge in [0.1, 0.15) is 6.04 Å². The number of esters is 1. The van der Waals surface area contributed by atoms with E-state index in [1.807, 2.05) is 30.3 Å². The Labute approximate surface area is 146 Å². The first-order valence-corrected chi connectivity index (χ1v) is 8.17. The van der Waals surface area contributed by atoms with Gasteiger partial charge >= 0.3 is 5.97 Å². The van der Waals surface area contributed by atoms with Crippen LogP contribution >= 0.6 is 12.6 Å². The number of thiol groups is 1. The number of aliphatic imine (C=N–C) groups is 1. The maximum atomic E-state index is 12.4. The van der Waals surface area contributed by atoms with E-state index in [2.05, 4.69) is 17.6 Å². The Morgan fingerprint density at radius 3 is 2.67 bits per heavy atom. The lowest BCUT2D eigenvalue weighted by molar-refractivity contribution is -0.180. The molecular weight excluding hydrogens is 328 g/mol. The number of amides is 1. The van der Waals surface area contributed by atoms with Crippen LogP contribution in [0.1, 0.15) is 19.4 Å². The van der Waals surface area contributed by atoms with Crippen LogP contribution in [0.15, 0.2) is 35.3 Å². The highest BCUT2D eigenvalue weighted by molar-refractivity contribution is 7.81. The number of hydrogen-bond donors (Lipinski definition) is 1. The molecule has 128 valence electrons. The maximum Gasteiger partial charge on any atom is 0.330 e. The highest BCUT2D eigenvalue weighted by Crippen LogP contribution is 2.37. The van der Waals surface area contributed by atoms with E-state index in [-0.39, 0.29) is 5.91 Å². The third-order valence-corrected chi connectivity index (χ3v) is 4.41. The molecule has 3 rings (SSSR count). The second-order valence-electron chi connectivity index (χ2n) is 6.46. The predicted octanol–water partition coefficient (Wildman–Crippen LogP) is 1.44. The summed E-state index contributed by atoms with van der Waals surface area (Å²) in [6, 6.07) is 8.35. The summed E-state index contributed by atoms with van der Waals surface area (Å²) in [5.74, 6) is -0.241. The molecule has 7 heteroatoms. The topological polar surface area (TPSA) is 68.2 Å². The molecule has 1 aromatic carbocycles. The number of likely N-dealkylation sites (tertiary alicyclic amines) is 1. The van der Waals surface area contributed by atoms with E-state index in [1.165, 1.54) is 12.0 Å². The van der Waals surface area contributed by atoms with Crippen LogP contribution in [0.25, 0.3) is 0 Å². The smallest absolute Gasteiger partial charge is 0.330 e. The van der Waals surface area contributed by atoms with Crippen molar-refractivity contribution in [2.75, 3.05) is 7.11 Å². The summed E-state index contributed by atoms with van der Waals surface area (Å²) in [5, 5.41) is 0. The van der Waals surface area contributed by atoms with Crippen molar-refractivity contribution in [2.24, 2.45) is 4.99 Å². The number of rotatable bonds is 5. The number of carbonyl (C=O) groups is 2. The van der Waals surface area contributed by atoms with Gasteiger partial charge in [-0.15, -0.1) is 0 Å². The summed E-state index contributed by atoms with van der Waals surface area (Å²) >= 11 is 4.46. The van der Waals surface area contributed by atoms with Crippen molar-refractivity contribution in [3.8, 4) is 0 Å². The fourth-order valence-electron chi connectivity index (χ4n) is 3.02.